The van der Waals surface area contributed by atoms with E-state index in [-0.39, 0.29) is 23.2 Å². The Morgan fingerprint density at radius 2 is 2.24 bits per heavy atom. The number of hydrogen-bond donors (Lipinski definition) is 2. The smallest absolute Gasteiger partial charge is 0.335 e. The second-order valence-corrected chi connectivity index (χ2v) is 7.93. The maximum atomic E-state index is 12.8. The van der Waals surface area contributed by atoms with Gasteiger partial charge in [0.2, 0.25) is 0 Å². The number of benzene rings is 1. The van der Waals surface area contributed by atoms with E-state index in [1.54, 1.807) is 0 Å². The molecule has 0 aromatic heterocycles. The number of nitrogens with zero attached hydrogens (tertiary/aromatic N) is 1. The van der Waals surface area contributed by atoms with E-state index in [1.807, 2.05) is 13.0 Å². The normalized spacial score (nSPS) is 36.5. The van der Waals surface area contributed by atoms with Crippen LogP contribution in [-0.4, -0.2) is 48.3 Å². The average molecular weight is 340 g/mol. The molecule has 132 valence electrons. The van der Waals surface area contributed by atoms with Gasteiger partial charge in [0.1, 0.15) is 0 Å². The molecule has 0 radical (unpaired) electrons. The molecule has 1 aliphatic carbocycles. The monoisotopic (exact) mass is 340 g/mol. The Kier molecular flexibility index (Phi) is 3.13. The fraction of sp³-hybridized carbons (Fsp3) is 0.550. The average Bonchev–Trinajstić information content (AvgIpc) is 3.17. The van der Waals surface area contributed by atoms with E-state index in [9.17, 15) is 9.90 Å². The zero-order valence-electron chi connectivity index (χ0n) is 14.7. The van der Waals surface area contributed by atoms with Crippen molar-refractivity contribution in [1.82, 2.24) is 4.90 Å². The molecule has 0 unspecified atom stereocenters. The standard InChI is InChI=1S/C20H24N2O3/c1-11(23)13-10-22-8-7-20-14-5-3-4-6-15(14)21-18(20)17(19(24)25-2)12(13)9-16(20)22/h3-6,11-13,16,21,23H,7-10H2,1-2H3/t11-,12+,13-,16+,20-/m1/s1. The summed E-state index contributed by atoms with van der Waals surface area (Å²) in [4.78, 5) is 15.3. The van der Waals surface area contributed by atoms with Crippen LogP contribution >= 0.6 is 0 Å². The summed E-state index contributed by atoms with van der Waals surface area (Å²) in [6.07, 6.45) is 1.49. The second kappa shape index (κ2) is 5.08. The van der Waals surface area contributed by atoms with E-state index < -0.39 is 6.10 Å². The number of anilines is 1. The zero-order valence-corrected chi connectivity index (χ0v) is 14.7. The molecule has 1 aromatic rings. The molecule has 25 heavy (non-hydrogen) atoms. The molecule has 5 atom stereocenters. The number of aliphatic hydroxyl groups excluding tert-OH is 1. The van der Waals surface area contributed by atoms with E-state index in [1.165, 1.54) is 12.7 Å². The fourth-order valence-corrected chi connectivity index (χ4v) is 5.98. The van der Waals surface area contributed by atoms with Crippen LogP contribution in [0.5, 0.6) is 0 Å². The van der Waals surface area contributed by atoms with Gasteiger partial charge in [-0.1, -0.05) is 18.2 Å². The number of rotatable bonds is 2. The van der Waals surface area contributed by atoms with Gasteiger partial charge in [0.15, 0.2) is 0 Å². The minimum absolute atomic E-state index is 0.0525. The molecular weight excluding hydrogens is 316 g/mol. The lowest BCUT2D eigenvalue weighted by atomic mass is 9.60. The van der Waals surface area contributed by atoms with Crippen molar-refractivity contribution < 1.29 is 14.6 Å². The Hall–Kier alpha value is -1.85. The molecule has 5 heteroatoms. The van der Waals surface area contributed by atoms with Crippen molar-refractivity contribution in [3.8, 4) is 0 Å². The van der Waals surface area contributed by atoms with Crippen LogP contribution in [0.1, 0.15) is 25.3 Å². The quantitative estimate of drug-likeness (QED) is 0.805. The first kappa shape index (κ1) is 15.4. The predicted molar refractivity (Wildman–Crippen MR) is 94.0 cm³/mol. The van der Waals surface area contributed by atoms with Crippen LogP contribution in [-0.2, 0) is 14.9 Å². The number of nitrogens with one attached hydrogen (secondary N) is 1. The highest BCUT2D eigenvalue weighted by Gasteiger charge is 2.63. The number of methoxy groups -OCH3 is 1. The minimum atomic E-state index is -0.442. The van der Waals surface area contributed by atoms with E-state index in [2.05, 4.69) is 28.4 Å². The van der Waals surface area contributed by atoms with Crippen LogP contribution in [0.15, 0.2) is 35.5 Å². The molecule has 1 spiro atoms. The highest BCUT2D eigenvalue weighted by atomic mass is 16.5. The van der Waals surface area contributed by atoms with Gasteiger partial charge in [-0.25, -0.2) is 4.79 Å². The van der Waals surface area contributed by atoms with Crippen molar-refractivity contribution in [3.63, 3.8) is 0 Å². The van der Waals surface area contributed by atoms with Crippen molar-refractivity contribution >= 4 is 11.7 Å². The molecule has 2 N–H and O–H groups in total. The Labute approximate surface area is 147 Å². The third-order valence-corrected chi connectivity index (χ3v) is 7.02. The van der Waals surface area contributed by atoms with Gasteiger partial charge in [-0.3, -0.25) is 4.90 Å². The summed E-state index contributed by atoms with van der Waals surface area (Å²) < 4.78 is 5.19. The number of para-hydroxylation sites is 1. The van der Waals surface area contributed by atoms with Crippen LogP contribution in [0.2, 0.25) is 0 Å². The van der Waals surface area contributed by atoms with Gasteiger partial charge in [0, 0.05) is 35.8 Å². The van der Waals surface area contributed by atoms with E-state index in [4.69, 9.17) is 4.74 Å². The topological polar surface area (TPSA) is 61.8 Å². The van der Waals surface area contributed by atoms with E-state index in [0.717, 1.165) is 42.9 Å². The second-order valence-electron chi connectivity index (χ2n) is 7.93. The lowest BCUT2D eigenvalue weighted by Crippen LogP contribution is -2.57. The summed E-state index contributed by atoms with van der Waals surface area (Å²) in [5.74, 6) is -0.125. The predicted octanol–water partition coefficient (Wildman–Crippen LogP) is 1.88. The van der Waals surface area contributed by atoms with Crippen LogP contribution in [0.25, 0.3) is 0 Å². The molecule has 3 aliphatic heterocycles. The van der Waals surface area contributed by atoms with Crippen LogP contribution in [0, 0.1) is 11.8 Å². The van der Waals surface area contributed by atoms with Crippen LogP contribution in [0.3, 0.4) is 0 Å². The van der Waals surface area contributed by atoms with Gasteiger partial charge < -0.3 is 15.2 Å². The van der Waals surface area contributed by atoms with Gasteiger partial charge in [-0.15, -0.1) is 0 Å². The summed E-state index contributed by atoms with van der Waals surface area (Å²) in [5, 5.41) is 14.0. The third kappa shape index (κ3) is 1.78. The molecule has 2 bridgehead atoms. The Balaban J connectivity index is 1.78. The first-order chi connectivity index (χ1) is 12.1. The molecular formula is C20H24N2O3. The summed E-state index contributed by atoms with van der Waals surface area (Å²) >= 11 is 0. The zero-order chi connectivity index (χ0) is 17.3. The van der Waals surface area contributed by atoms with Gasteiger partial charge in [-0.2, -0.15) is 0 Å². The third-order valence-electron chi connectivity index (χ3n) is 7.02. The Bertz CT molecular complexity index is 787. The lowest BCUT2D eigenvalue weighted by Gasteiger charge is -2.51. The summed E-state index contributed by atoms with van der Waals surface area (Å²) in [5.41, 5.74) is 4.10. The van der Waals surface area contributed by atoms with Gasteiger partial charge >= 0.3 is 5.97 Å². The first-order valence-electron chi connectivity index (χ1n) is 9.19. The summed E-state index contributed by atoms with van der Waals surface area (Å²) in [7, 11) is 1.46. The Morgan fingerprint density at radius 3 is 3.00 bits per heavy atom. The maximum Gasteiger partial charge on any atom is 0.335 e. The first-order valence-corrected chi connectivity index (χ1v) is 9.19. The maximum absolute atomic E-state index is 12.8. The van der Waals surface area contributed by atoms with Crippen molar-refractivity contribution in [2.45, 2.75) is 37.3 Å². The Morgan fingerprint density at radius 1 is 1.44 bits per heavy atom. The molecule has 2 saturated heterocycles. The number of hydrogen-bond acceptors (Lipinski definition) is 5. The number of carbonyl (C=O) groups is 1. The van der Waals surface area contributed by atoms with Crippen molar-refractivity contribution in [3.05, 3.63) is 41.1 Å². The molecule has 0 saturated carbocycles. The number of ether oxygens (including phenoxy) is 1. The molecule has 5 nitrogen and oxygen atoms in total. The van der Waals surface area contributed by atoms with Gasteiger partial charge in [-0.05, 0) is 37.9 Å². The fourth-order valence-electron chi connectivity index (χ4n) is 5.98. The molecule has 5 rings (SSSR count). The minimum Gasteiger partial charge on any atom is -0.466 e. The number of esters is 1. The van der Waals surface area contributed by atoms with Gasteiger partial charge in [0.25, 0.3) is 0 Å². The van der Waals surface area contributed by atoms with Crippen molar-refractivity contribution in [2.75, 3.05) is 25.5 Å². The van der Waals surface area contributed by atoms with Crippen molar-refractivity contribution in [2.24, 2.45) is 11.8 Å². The highest BCUT2D eigenvalue weighted by molar-refractivity contribution is 5.93. The molecule has 4 aliphatic rings. The summed E-state index contributed by atoms with van der Waals surface area (Å²) in [6, 6.07) is 8.83. The number of piperidine rings is 1. The molecule has 3 heterocycles. The van der Waals surface area contributed by atoms with Crippen LogP contribution < -0.4 is 5.32 Å². The van der Waals surface area contributed by atoms with Crippen molar-refractivity contribution in [1.29, 1.82) is 0 Å². The molecule has 0 amide bonds. The number of carbonyl (C=O) groups excluding carboxylic acids is 1. The SMILES string of the molecule is COC(=O)C1=C2Nc3ccccc3[C@@]23CCN2C[C@H]([C@@H](C)O)[C@@H]1C[C@H]23. The van der Waals surface area contributed by atoms with Gasteiger partial charge in [0.05, 0.1) is 24.2 Å². The molecule has 1 aromatic carbocycles. The highest BCUT2D eigenvalue weighted by Crippen LogP contribution is 2.61. The van der Waals surface area contributed by atoms with Crippen LogP contribution in [0.4, 0.5) is 5.69 Å². The lowest BCUT2D eigenvalue weighted by molar-refractivity contribution is -0.138. The summed E-state index contributed by atoms with van der Waals surface area (Å²) in [6.45, 7) is 3.71. The number of aliphatic hydroxyl groups is 1. The van der Waals surface area contributed by atoms with E-state index >= 15 is 0 Å². The molecule has 2 fully saturated rings. The number of fused-ring (bicyclic) bond motifs is 2. The largest absolute Gasteiger partial charge is 0.466 e. The van der Waals surface area contributed by atoms with E-state index in [0.29, 0.717) is 6.04 Å².